The van der Waals surface area contributed by atoms with Crippen LogP contribution in [0.4, 0.5) is 0 Å². The predicted molar refractivity (Wildman–Crippen MR) is 47.1 cm³/mol. The summed E-state index contributed by atoms with van der Waals surface area (Å²) in [5, 5.41) is 8.57. The molecule has 1 aromatic rings. The van der Waals surface area contributed by atoms with Crippen molar-refractivity contribution in [3.63, 3.8) is 0 Å². The lowest BCUT2D eigenvalue weighted by molar-refractivity contribution is 0.279. The summed E-state index contributed by atoms with van der Waals surface area (Å²) in [7, 11) is 0. The largest absolute Gasteiger partial charge is 0.396 e. The highest BCUT2D eigenvalue weighted by Gasteiger charge is 1.94. The number of rotatable bonds is 3. The van der Waals surface area contributed by atoms with Crippen LogP contribution < -0.4 is 5.56 Å². The Morgan fingerprint density at radius 3 is 2.92 bits per heavy atom. The molecule has 1 N–H and O–H groups in total. The van der Waals surface area contributed by atoms with E-state index in [2.05, 4.69) is 0 Å². The molecule has 3 heteroatoms. The molecular formula is C9H13NO2. The van der Waals surface area contributed by atoms with Gasteiger partial charge in [-0.05, 0) is 18.9 Å². The molecule has 0 saturated heterocycles. The number of nitrogens with zero attached hydrogens (tertiary/aromatic N) is 1. The van der Waals surface area contributed by atoms with E-state index >= 15 is 0 Å². The number of aromatic nitrogens is 1. The predicted octanol–water partition coefficient (Wildman–Crippen LogP) is 0.539. The van der Waals surface area contributed by atoms with Gasteiger partial charge in [-0.3, -0.25) is 4.79 Å². The van der Waals surface area contributed by atoms with Crippen LogP contribution in [0.15, 0.2) is 23.1 Å². The number of aliphatic hydroxyl groups is 1. The molecule has 12 heavy (non-hydrogen) atoms. The second-order valence-corrected chi connectivity index (χ2v) is 2.82. The van der Waals surface area contributed by atoms with Gasteiger partial charge >= 0.3 is 0 Å². The van der Waals surface area contributed by atoms with Crippen molar-refractivity contribution in [3.05, 3.63) is 34.2 Å². The van der Waals surface area contributed by atoms with E-state index in [0.29, 0.717) is 13.0 Å². The third kappa shape index (κ3) is 2.20. The van der Waals surface area contributed by atoms with Crippen LogP contribution in [0.2, 0.25) is 0 Å². The van der Waals surface area contributed by atoms with Crippen molar-refractivity contribution in [2.75, 3.05) is 6.61 Å². The maximum atomic E-state index is 11.2. The molecule has 0 spiro atoms. The number of hydrogen-bond acceptors (Lipinski definition) is 2. The van der Waals surface area contributed by atoms with Crippen molar-refractivity contribution in [1.29, 1.82) is 0 Å². The molecule has 0 aromatic carbocycles. The maximum Gasteiger partial charge on any atom is 0.250 e. The molecule has 0 radical (unpaired) electrons. The molecule has 1 aromatic heterocycles. The highest BCUT2D eigenvalue weighted by atomic mass is 16.3. The van der Waals surface area contributed by atoms with Gasteiger partial charge in [-0.1, -0.05) is 6.07 Å². The van der Waals surface area contributed by atoms with Crippen molar-refractivity contribution >= 4 is 0 Å². The fraction of sp³-hybridized carbons (Fsp3) is 0.444. The van der Waals surface area contributed by atoms with Gasteiger partial charge in [0.2, 0.25) is 0 Å². The Morgan fingerprint density at radius 2 is 2.25 bits per heavy atom. The third-order valence-electron chi connectivity index (χ3n) is 1.69. The fourth-order valence-electron chi connectivity index (χ4n) is 1.07. The van der Waals surface area contributed by atoms with E-state index in [9.17, 15) is 4.79 Å². The van der Waals surface area contributed by atoms with E-state index in [1.807, 2.05) is 6.92 Å². The first-order valence-electron chi connectivity index (χ1n) is 4.02. The topological polar surface area (TPSA) is 42.2 Å². The molecule has 0 saturated carbocycles. The van der Waals surface area contributed by atoms with Crippen molar-refractivity contribution in [3.8, 4) is 0 Å². The minimum atomic E-state index is -0.00551. The first-order chi connectivity index (χ1) is 5.74. The van der Waals surface area contributed by atoms with Gasteiger partial charge in [-0.15, -0.1) is 0 Å². The highest BCUT2D eigenvalue weighted by molar-refractivity contribution is 5.06. The zero-order chi connectivity index (χ0) is 8.97. The van der Waals surface area contributed by atoms with Crippen LogP contribution in [-0.4, -0.2) is 16.3 Å². The Bertz CT molecular complexity index is 304. The summed E-state index contributed by atoms with van der Waals surface area (Å²) in [5.74, 6) is 0. The minimum absolute atomic E-state index is 0.00551. The zero-order valence-corrected chi connectivity index (χ0v) is 7.16. The van der Waals surface area contributed by atoms with Gasteiger partial charge in [0.15, 0.2) is 0 Å². The smallest absolute Gasteiger partial charge is 0.250 e. The van der Waals surface area contributed by atoms with Gasteiger partial charge in [0.1, 0.15) is 0 Å². The Morgan fingerprint density at radius 1 is 1.50 bits per heavy atom. The monoisotopic (exact) mass is 167 g/mol. The summed E-state index contributed by atoms with van der Waals surface area (Å²) in [6.45, 7) is 2.66. The molecule has 0 aliphatic carbocycles. The van der Waals surface area contributed by atoms with Crippen molar-refractivity contribution in [2.45, 2.75) is 19.9 Å². The SMILES string of the molecule is Cc1ccc(=O)n(CCCO)c1. The lowest BCUT2D eigenvalue weighted by Crippen LogP contribution is -2.19. The molecule has 0 bridgehead atoms. The Balaban J connectivity index is 2.83. The average molecular weight is 167 g/mol. The van der Waals surface area contributed by atoms with E-state index in [1.54, 1.807) is 22.9 Å². The third-order valence-corrected chi connectivity index (χ3v) is 1.69. The van der Waals surface area contributed by atoms with Crippen LogP contribution in [0, 0.1) is 6.92 Å². The molecule has 0 aliphatic heterocycles. The normalized spacial score (nSPS) is 10.2. The first kappa shape index (κ1) is 9.00. The van der Waals surface area contributed by atoms with E-state index in [0.717, 1.165) is 5.56 Å². The summed E-state index contributed by atoms with van der Waals surface area (Å²) in [4.78, 5) is 11.2. The summed E-state index contributed by atoms with van der Waals surface area (Å²) < 4.78 is 1.62. The number of hydrogen-bond donors (Lipinski definition) is 1. The van der Waals surface area contributed by atoms with Crippen molar-refractivity contribution in [1.82, 2.24) is 4.57 Å². The van der Waals surface area contributed by atoms with E-state index in [-0.39, 0.29) is 12.2 Å². The van der Waals surface area contributed by atoms with Gasteiger partial charge in [-0.2, -0.15) is 0 Å². The van der Waals surface area contributed by atoms with Gasteiger partial charge in [-0.25, -0.2) is 0 Å². The standard InChI is InChI=1S/C9H13NO2/c1-8-3-4-9(12)10(7-8)5-2-6-11/h3-4,7,11H,2,5-6H2,1H3. The Kier molecular flexibility index (Phi) is 3.05. The lowest BCUT2D eigenvalue weighted by atomic mass is 10.3. The van der Waals surface area contributed by atoms with Crippen LogP contribution in [0.1, 0.15) is 12.0 Å². The van der Waals surface area contributed by atoms with Crippen LogP contribution in [0.5, 0.6) is 0 Å². The molecule has 1 rings (SSSR count). The number of aryl methyl sites for hydroxylation is 2. The highest BCUT2D eigenvalue weighted by Crippen LogP contribution is 1.93. The van der Waals surface area contributed by atoms with E-state index in [4.69, 9.17) is 5.11 Å². The molecule has 0 aliphatic rings. The number of pyridine rings is 1. The van der Waals surface area contributed by atoms with Crippen molar-refractivity contribution in [2.24, 2.45) is 0 Å². The Labute approximate surface area is 71.3 Å². The van der Waals surface area contributed by atoms with Crippen LogP contribution in [-0.2, 0) is 6.54 Å². The molecule has 1 heterocycles. The molecule has 0 amide bonds. The van der Waals surface area contributed by atoms with Crippen LogP contribution in [0.3, 0.4) is 0 Å². The van der Waals surface area contributed by atoms with Gasteiger partial charge < -0.3 is 9.67 Å². The maximum absolute atomic E-state index is 11.2. The van der Waals surface area contributed by atoms with Gasteiger partial charge in [0.25, 0.3) is 5.56 Å². The minimum Gasteiger partial charge on any atom is -0.396 e. The molecule has 0 atom stereocenters. The molecule has 0 unspecified atom stereocenters. The Hall–Kier alpha value is -1.09. The quantitative estimate of drug-likeness (QED) is 0.714. The van der Waals surface area contributed by atoms with Gasteiger partial charge in [0, 0.05) is 25.4 Å². The average Bonchev–Trinajstić information content (AvgIpc) is 2.07. The fourth-order valence-corrected chi connectivity index (χ4v) is 1.07. The number of aliphatic hydroxyl groups excluding tert-OH is 1. The van der Waals surface area contributed by atoms with E-state index < -0.39 is 0 Å². The van der Waals surface area contributed by atoms with Crippen LogP contribution >= 0.6 is 0 Å². The molecule has 3 nitrogen and oxygen atoms in total. The lowest BCUT2D eigenvalue weighted by Gasteiger charge is -2.03. The molecule has 66 valence electrons. The van der Waals surface area contributed by atoms with Gasteiger partial charge in [0.05, 0.1) is 0 Å². The van der Waals surface area contributed by atoms with Crippen molar-refractivity contribution < 1.29 is 5.11 Å². The molecular weight excluding hydrogens is 154 g/mol. The second-order valence-electron chi connectivity index (χ2n) is 2.82. The summed E-state index contributed by atoms with van der Waals surface area (Å²) >= 11 is 0. The molecule has 0 fully saturated rings. The summed E-state index contributed by atoms with van der Waals surface area (Å²) in [5.41, 5.74) is 1.06. The second kappa shape index (κ2) is 4.07. The first-order valence-corrected chi connectivity index (χ1v) is 4.02. The van der Waals surface area contributed by atoms with E-state index in [1.165, 1.54) is 0 Å². The zero-order valence-electron chi connectivity index (χ0n) is 7.16. The summed E-state index contributed by atoms with van der Waals surface area (Å²) in [6, 6.07) is 3.34. The van der Waals surface area contributed by atoms with Crippen LogP contribution in [0.25, 0.3) is 0 Å². The summed E-state index contributed by atoms with van der Waals surface area (Å²) in [6.07, 6.45) is 2.43.